The van der Waals surface area contributed by atoms with Crippen LogP contribution in [0.1, 0.15) is 9.67 Å². The number of carbonyl (C=O) groups excluding carboxylic acids is 1. The van der Waals surface area contributed by atoms with Crippen LogP contribution in [-0.4, -0.2) is 27.1 Å². The van der Waals surface area contributed by atoms with Crippen LogP contribution in [0, 0.1) is 0 Å². The zero-order valence-electron chi connectivity index (χ0n) is 8.06. The first-order valence-electron chi connectivity index (χ1n) is 3.77. The summed E-state index contributed by atoms with van der Waals surface area (Å²) in [6.45, 7) is 0. The van der Waals surface area contributed by atoms with Crippen LogP contribution < -0.4 is 10.0 Å². The van der Waals surface area contributed by atoms with Crippen molar-refractivity contribution in [3.8, 4) is 0 Å². The lowest BCUT2D eigenvalue weighted by Crippen LogP contribution is -3.02. The fourth-order valence-corrected chi connectivity index (χ4v) is 1.65. The number of carboxylic acid groups (broad SMARTS) is 1. The molecular weight excluding hydrogens is 245 g/mol. The minimum atomic E-state index is -1.25. The van der Waals surface area contributed by atoms with E-state index in [0.717, 1.165) is 11.3 Å². The van der Waals surface area contributed by atoms with E-state index in [4.69, 9.17) is 23.2 Å². The topological polar surface area (TPSA) is 44.6 Å². The number of halogens is 2. The Bertz CT molecular complexity index is 290. The molecule has 0 saturated heterocycles. The summed E-state index contributed by atoms with van der Waals surface area (Å²) in [6.07, 6.45) is 0. The molecule has 80 valence electrons. The van der Waals surface area contributed by atoms with Crippen LogP contribution in [0.2, 0.25) is 9.36 Å². The van der Waals surface area contributed by atoms with E-state index in [1.165, 1.54) is 11.0 Å². The van der Waals surface area contributed by atoms with Gasteiger partial charge in [-0.1, -0.05) is 23.2 Å². The summed E-state index contributed by atoms with van der Waals surface area (Å²) in [4.78, 5) is 11.6. The highest BCUT2D eigenvalue weighted by Gasteiger charge is 2.04. The summed E-state index contributed by atoms with van der Waals surface area (Å²) in [5, 5.41) is 10.4. The molecule has 14 heavy (non-hydrogen) atoms. The van der Waals surface area contributed by atoms with Gasteiger partial charge < -0.3 is 14.8 Å². The third-order valence-corrected chi connectivity index (χ3v) is 2.69. The summed E-state index contributed by atoms with van der Waals surface area (Å²) in [7, 11) is 6.25. The maximum absolute atomic E-state index is 10.1. The molecule has 0 spiro atoms. The fraction of sp³-hybridized carbons (Fsp3) is 0.375. The molecule has 1 rings (SSSR count). The molecule has 1 heterocycles. The van der Waals surface area contributed by atoms with Crippen molar-refractivity contribution < 1.29 is 14.8 Å². The molecule has 6 heteroatoms. The average molecular weight is 256 g/mol. The summed E-state index contributed by atoms with van der Waals surface area (Å²) >= 11 is 11.8. The maximum atomic E-state index is 10.1. The second-order valence-corrected chi connectivity index (χ2v) is 5.08. The largest absolute Gasteiger partial charge is 0.544 e. The van der Waals surface area contributed by atoms with Crippen LogP contribution in [0.3, 0.4) is 0 Å². The Hall–Kier alpha value is -0.290. The summed E-state index contributed by atoms with van der Waals surface area (Å²) in [6, 6.07) is 1.27. The van der Waals surface area contributed by atoms with Gasteiger partial charge in [-0.3, -0.25) is 0 Å². The molecule has 0 aliphatic rings. The van der Waals surface area contributed by atoms with Gasteiger partial charge in [0, 0.05) is 0 Å². The van der Waals surface area contributed by atoms with Crippen LogP contribution >= 0.6 is 34.5 Å². The lowest BCUT2D eigenvalue weighted by molar-refractivity contribution is -0.836. The van der Waals surface area contributed by atoms with Crippen molar-refractivity contribution in [1.29, 1.82) is 0 Å². The first kappa shape index (κ1) is 13.7. The summed E-state index contributed by atoms with van der Waals surface area (Å²) in [5.41, 5.74) is 0. The highest BCUT2D eigenvalue weighted by atomic mass is 35.5. The Morgan fingerprint density at radius 3 is 2.00 bits per heavy atom. The Labute approximate surface area is 96.9 Å². The van der Waals surface area contributed by atoms with Crippen LogP contribution in [0.4, 0.5) is 0 Å². The lowest BCUT2D eigenvalue weighted by Gasteiger charge is -1.91. The van der Waals surface area contributed by atoms with Crippen LogP contribution in [0.5, 0.6) is 0 Å². The molecule has 1 aromatic rings. The molecule has 0 saturated carbocycles. The fourth-order valence-electron chi connectivity index (χ4n) is 0.447. The number of carbonyl (C=O) groups is 1. The van der Waals surface area contributed by atoms with Crippen LogP contribution in [0.25, 0.3) is 0 Å². The highest BCUT2D eigenvalue weighted by Crippen LogP contribution is 2.30. The number of quaternary nitrogens is 1. The molecule has 1 N–H and O–H groups in total. The predicted octanol–water partition coefficient (Wildman–Crippen LogP) is 0.179. The standard InChI is InChI=1S/C5H2Cl2O2S.C3H9N/c6-2-1-3(5(8)9)10-4(2)7;1-4(2)3/h1H,(H,8,9);1-3H3. The van der Waals surface area contributed by atoms with Gasteiger partial charge in [-0.15, -0.1) is 11.3 Å². The third kappa shape index (κ3) is 5.44. The van der Waals surface area contributed by atoms with E-state index in [2.05, 4.69) is 21.1 Å². The van der Waals surface area contributed by atoms with Gasteiger partial charge >= 0.3 is 0 Å². The second kappa shape index (κ2) is 6.24. The third-order valence-electron chi connectivity index (χ3n) is 0.846. The molecular formula is C8H11Cl2NO2S. The molecule has 0 atom stereocenters. The van der Waals surface area contributed by atoms with Gasteiger partial charge in [-0.2, -0.15) is 0 Å². The summed E-state index contributed by atoms with van der Waals surface area (Å²) < 4.78 is 0.279. The van der Waals surface area contributed by atoms with E-state index in [1.807, 2.05) is 0 Å². The van der Waals surface area contributed by atoms with Gasteiger partial charge in [0.05, 0.1) is 37.0 Å². The first-order valence-corrected chi connectivity index (χ1v) is 5.34. The summed E-state index contributed by atoms with van der Waals surface area (Å²) in [5.74, 6) is -1.25. The second-order valence-electron chi connectivity index (χ2n) is 3.02. The smallest absolute Gasteiger partial charge is 0.112 e. The van der Waals surface area contributed by atoms with Gasteiger partial charge in [-0.25, -0.2) is 0 Å². The molecule has 3 nitrogen and oxygen atoms in total. The average Bonchev–Trinajstić information content (AvgIpc) is 2.31. The van der Waals surface area contributed by atoms with E-state index in [-0.39, 0.29) is 14.2 Å². The molecule has 0 amide bonds. The maximum Gasteiger partial charge on any atom is 0.112 e. The van der Waals surface area contributed by atoms with Crippen LogP contribution in [0.15, 0.2) is 6.07 Å². The van der Waals surface area contributed by atoms with E-state index in [0.29, 0.717) is 0 Å². The van der Waals surface area contributed by atoms with Gasteiger partial charge in [0.1, 0.15) is 4.34 Å². The zero-order valence-corrected chi connectivity index (χ0v) is 10.4. The van der Waals surface area contributed by atoms with Crippen molar-refractivity contribution in [2.45, 2.75) is 0 Å². The van der Waals surface area contributed by atoms with Crippen molar-refractivity contribution in [1.82, 2.24) is 0 Å². The van der Waals surface area contributed by atoms with Crippen molar-refractivity contribution in [2.24, 2.45) is 0 Å². The minimum Gasteiger partial charge on any atom is -0.544 e. The number of rotatable bonds is 1. The molecule has 1 aromatic heterocycles. The molecule has 0 aromatic carbocycles. The van der Waals surface area contributed by atoms with E-state index < -0.39 is 5.97 Å². The molecule has 0 aliphatic heterocycles. The van der Waals surface area contributed by atoms with Crippen LogP contribution in [-0.2, 0) is 0 Å². The molecule has 0 aliphatic carbocycles. The van der Waals surface area contributed by atoms with Gasteiger partial charge in [0.25, 0.3) is 0 Å². The Morgan fingerprint density at radius 1 is 1.43 bits per heavy atom. The molecule has 0 radical (unpaired) electrons. The van der Waals surface area contributed by atoms with E-state index >= 15 is 0 Å². The number of aromatic carboxylic acids is 1. The number of nitrogens with one attached hydrogen (secondary N) is 1. The van der Waals surface area contributed by atoms with Crippen molar-refractivity contribution in [2.75, 3.05) is 21.1 Å². The van der Waals surface area contributed by atoms with E-state index in [1.54, 1.807) is 0 Å². The number of hydrogen-bond acceptors (Lipinski definition) is 3. The quantitative estimate of drug-likeness (QED) is 0.779. The predicted molar refractivity (Wildman–Crippen MR) is 57.4 cm³/mol. The zero-order chi connectivity index (χ0) is 11.3. The van der Waals surface area contributed by atoms with Gasteiger partial charge in [0.15, 0.2) is 0 Å². The van der Waals surface area contributed by atoms with Gasteiger partial charge in [0.2, 0.25) is 0 Å². The van der Waals surface area contributed by atoms with E-state index in [9.17, 15) is 9.90 Å². The number of carboxylic acids is 1. The van der Waals surface area contributed by atoms with Crippen molar-refractivity contribution in [3.05, 3.63) is 20.3 Å². The van der Waals surface area contributed by atoms with Crippen molar-refractivity contribution in [3.63, 3.8) is 0 Å². The minimum absolute atomic E-state index is 0.0509. The monoisotopic (exact) mass is 255 g/mol. The number of hydrogen-bond donors (Lipinski definition) is 1. The molecule has 0 unspecified atom stereocenters. The SMILES string of the molecule is C[NH+](C)C.O=C([O-])c1cc(Cl)c(Cl)s1. The normalized spacial score (nSPS) is 9.57. The van der Waals surface area contributed by atoms with Gasteiger partial charge in [-0.05, 0) is 6.07 Å². The number of thiophene rings is 1. The van der Waals surface area contributed by atoms with Crippen molar-refractivity contribution >= 4 is 40.5 Å². The molecule has 0 fully saturated rings. The first-order chi connectivity index (χ1) is 6.34. The highest BCUT2D eigenvalue weighted by molar-refractivity contribution is 7.18. The Morgan fingerprint density at radius 2 is 1.86 bits per heavy atom. The Balaban J connectivity index is 0.000000364. The Kier molecular flexibility index (Phi) is 6.11. The lowest BCUT2D eigenvalue weighted by atomic mass is 10.5. The molecule has 0 bridgehead atoms.